The maximum absolute atomic E-state index is 13.1. The third kappa shape index (κ3) is 3.29. The van der Waals surface area contributed by atoms with Crippen LogP contribution >= 0.6 is 11.6 Å². The fraction of sp³-hybridized carbons (Fsp3) is 0.353. The average Bonchev–Trinajstić information content (AvgIpc) is 3.21. The molecule has 0 saturated heterocycles. The second kappa shape index (κ2) is 6.35. The molecule has 1 fully saturated rings. The Hall–Kier alpha value is -2.48. The zero-order valence-electron chi connectivity index (χ0n) is 13.5. The predicted molar refractivity (Wildman–Crippen MR) is 89.3 cm³/mol. The van der Waals surface area contributed by atoms with Gasteiger partial charge in [-0.15, -0.1) is 8.78 Å². The van der Waals surface area contributed by atoms with E-state index in [-0.39, 0.29) is 28.3 Å². The molecule has 1 N–H and O–H groups in total. The minimum atomic E-state index is -3.72. The van der Waals surface area contributed by atoms with Gasteiger partial charge in [0.1, 0.15) is 0 Å². The van der Waals surface area contributed by atoms with Gasteiger partial charge in [-0.2, -0.15) is 0 Å². The lowest BCUT2D eigenvalue weighted by atomic mass is 10.1. The number of hydrogen-bond donors (Lipinski definition) is 1. The summed E-state index contributed by atoms with van der Waals surface area (Å²) in [5.74, 6) is 0.00959. The van der Waals surface area contributed by atoms with Gasteiger partial charge in [-0.25, -0.2) is 4.98 Å². The summed E-state index contributed by atoms with van der Waals surface area (Å²) < 4.78 is 35.1. The normalized spacial score (nSPS) is 18.1. The number of halogens is 3. The Morgan fingerprint density at radius 2 is 1.85 bits per heavy atom. The molecular weight excluding hydrogens is 368 g/mol. The molecule has 2 aliphatic rings. The third-order valence-electron chi connectivity index (χ3n) is 4.40. The molecule has 0 radical (unpaired) electrons. The molecule has 4 rings (SSSR count). The summed E-state index contributed by atoms with van der Waals surface area (Å²) in [5, 5.41) is 2.91. The minimum Gasteiger partial charge on any atom is -0.395 e. The van der Waals surface area contributed by atoms with Crippen molar-refractivity contribution in [1.29, 1.82) is 0 Å². The van der Waals surface area contributed by atoms with E-state index in [2.05, 4.69) is 24.8 Å². The van der Waals surface area contributed by atoms with Gasteiger partial charge >= 0.3 is 6.29 Å². The fourth-order valence-electron chi connectivity index (χ4n) is 3.12. The second-order valence-corrected chi connectivity index (χ2v) is 6.61. The smallest absolute Gasteiger partial charge is 0.395 e. The first-order valence-corrected chi connectivity index (χ1v) is 8.52. The van der Waals surface area contributed by atoms with Crippen LogP contribution in [0.15, 0.2) is 24.5 Å². The van der Waals surface area contributed by atoms with Crippen molar-refractivity contribution in [2.75, 3.05) is 5.32 Å². The zero-order valence-corrected chi connectivity index (χ0v) is 14.2. The van der Waals surface area contributed by atoms with E-state index in [9.17, 15) is 13.6 Å². The highest BCUT2D eigenvalue weighted by Gasteiger charge is 2.43. The molecule has 1 aliphatic heterocycles. The summed E-state index contributed by atoms with van der Waals surface area (Å²) in [4.78, 5) is 20.5. The zero-order chi connectivity index (χ0) is 18.3. The van der Waals surface area contributed by atoms with Crippen LogP contribution in [0, 0.1) is 5.92 Å². The van der Waals surface area contributed by atoms with Gasteiger partial charge in [0.05, 0.1) is 23.1 Å². The molecule has 0 bridgehead atoms. The van der Waals surface area contributed by atoms with Crippen LogP contribution < -0.4 is 14.8 Å². The molecule has 1 saturated carbocycles. The highest BCUT2D eigenvalue weighted by molar-refractivity contribution is 6.33. The van der Waals surface area contributed by atoms with E-state index in [1.54, 1.807) is 0 Å². The molecule has 9 heteroatoms. The van der Waals surface area contributed by atoms with Crippen molar-refractivity contribution in [3.05, 3.63) is 29.5 Å². The standard InChI is InChI=1S/C17H14ClF2N3O3/c18-11-6-14-13(25-17(19,20)26-14)5-10(11)12-7-22-15(8-21-12)23-16(24)9-3-1-2-4-9/h5-9H,1-4H2,(H,22,23,24). The van der Waals surface area contributed by atoms with Crippen LogP contribution in [-0.2, 0) is 4.79 Å². The maximum atomic E-state index is 13.1. The Labute approximate surface area is 152 Å². The summed E-state index contributed by atoms with van der Waals surface area (Å²) >= 11 is 6.13. The molecule has 26 heavy (non-hydrogen) atoms. The monoisotopic (exact) mass is 381 g/mol. The lowest BCUT2D eigenvalue weighted by Crippen LogP contribution is -2.25. The van der Waals surface area contributed by atoms with E-state index in [0.29, 0.717) is 17.1 Å². The van der Waals surface area contributed by atoms with Gasteiger partial charge in [0.15, 0.2) is 17.3 Å². The number of rotatable bonds is 3. The van der Waals surface area contributed by atoms with Gasteiger partial charge < -0.3 is 14.8 Å². The fourth-order valence-corrected chi connectivity index (χ4v) is 3.37. The number of alkyl halides is 2. The maximum Gasteiger partial charge on any atom is 0.586 e. The molecular formula is C17H14ClF2N3O3. The Morgan fingerprint density at radius 1 is 1.15 bits per heavy atom. The Morgan fingerprint density at radius 3 is 2.50 bits per heavy atom. The number of anilines is 1. The van der Waals surface area contributed by atoms with Crippen molar-refractivity contribution in [3.8, 4) is 22.8 Å². The van der Waals surface area contributed by atoms with E-state index < -0.39 is 6.29 Å². The summed E-state index contributed by atoms with van der Waals surface area (Å²) in [6.07, 6.45) is 2.98. The van der Waals surface area contributed by atoms with Crippen molar-refractivity contribution < 1.29 is 23.0 Å². The van der Waals surface area contributed by atoms with E-state index in [4.69, 9.17) is 11.6 Å². The molecule has 136 valence electrons. The van der Waals surface area contributed by atoms with E-state index >= 15 is 0 Å². The van der Waals surface area contributed by atoms with Crippen LogP contribution in [0.4, 0.5) is 14.6 Å². The van der Waals surface area contributed by atoms with Crippen molar-refractivity contribution in [3.63, 3.8) is 0 Å². The number of hydrogen-bond acceptors (Lipinski definition) is 5. The number of amides is 1. The lowest BCUT2D eigenvalue weighted by Gasteiger charge is -2.10. The molecule has 0 unspecified atom stereocenters. The molecule has 1 aromatic heterocycles. The summed E-state index contributed by atoms with van der Waals surface area (Å²) in [7, 11) is 0. The Kier molecular flexibility index (Phi) is 4.14. The summed E-state index contributed by atoms with van der Waals surface area (Å²) in [6.45, 7) is 0. The number of benzene rings is 1. The first-order chi connectivity index (χ1) is 12.4. The Bertz CT molecular complexity index is 855. The molecule has 1 amide bonds. The van der Waals surface area contributed by atoms with Crippen molar-refractivity contribution in [2.45, 2.75) is 32.0 Å². The predicted octanol–water partition coefficient (Wildman–Crippen LogP) is 4.25. The summed E-state index contributed by atoms with van der Waals surface area (Å²) in [5.41, 5.74) is 0.725. The molecule has 1 aliphatic carbocycles. The van der Waals surface area contributed by atoms with Crippen LogP contribution in [0.3, 0.4) is 0 Å². The van der Waals surface area contributed by atoms with Crippen molar-refractivity contribution in [1.82, 2.24) is 9.97 Å². The van der Waals surface area contributed by atoms with Gasteiger partial charge in [0.25, 0.3) is 0 Å². The highest BCUT2D eigenvalue weighted by Crippen LogP contribution is 2.45. The molecule has 6 nitrogen and oxygen atoms in total. The number of nitrogens with zero attached hydrogens (tertiary/aromatic N) is 2. The molecule has 2 aromatic rings. The van der Waals surface area contributed by atoms with Gasteiger partial charge in [-0.3, -0.25) is 9.78 Å². The Balaban J connectivity index is 1.53. The number of carbonyl (C=O) groups is 1. The van der Waals surface area contributed by atoms with Crippen LogP contribution in [-0.4, -0.2) is 22.2 Å². The van der Waals surface area contributed by atoms with Crippen LogP contribution in [0.5, 0.6) is 11.5 Å². The minimum absolute atomic E-state index is 0.0152. The number of ether oxygens (including phenoxy) is 2. The molecule has 0 spiro atoms. The first kappa shape index (κ1) is 17.0. The largest absolute Gasteiger partial charge is 0.586 e. The van der Waals surface area contributed by atoms with E-state index in [0.717, 1.165) is 25.7 Å². The second-order valence-electron chi connectivity index (χ2n) is 6.20. The molecule has 1 aromatic carbocycles. The van der Waals surface area contributed by atoms with Crippen LogP contribution in [0.2, 0.25) is 5.02 Å². The van der Waals surface area contributed by atoms with Gasteiger partial charge in [0, 0.05) is 17.5 Å². The number of nitrogens with one attached hydrogen (secondary N) is 1. The van der Waals surface area contributed by atoms with E-state index in [1.165, 1.54) is 24.5 Å². The third-order valence-corrected chi connectivity index (χ3v) is 4.71. The quantitative estimate of drug-likeness (QED) is 0.860. The average molecular weight is 382 g/mol. The molecule has 0 atom stereocenters. The van der Waals surface area contributed by atoms with Crippen LogP contribution in [0.1, 0.15) is 25.7 Å². The number of aromatic nitrogens is 2. The summed E-state index contributed by atoms with van der Waals surface area (Å²) in [6, 6.07) is 2.56. The lowest BCUT2D eigenvalue weighted by molar-refractivity contribution is -0.286. The van der Waals surface area contributed by atoms with Crippen molar-refractivity contribution in [2.24, 2.45) is 5.92 Å². The van der Waals surface area contributed by atoms with Crippen molar-refractivity contribution >= 4 is 23.3 Å². The number of carbonyl (C=O) groups excluding carboxylic acids is 1. The van der Waals surface area contributed by atoms with E-state index in [1.807, 2.05) is 0 Å². The highest BCUT2D eigenvalue weighted by atomic mass is 35.5. The number of fused-ring (bicyclic) bond motifs is 1. The first-order valence-electron chi connectivity index (χ1n) is 8.14. The van der Waals surface area contributed by atoms with Crippen LogP contribution in [0.25, 0.3) is 11.3 Å². The van der Waals surface area contributed by atoms with Gasteiger partial charge in [-0.1, -0.05) is 24.4 Å². The van der Waals surface area contributed by atoms with Gasteiger partial charge in [0.2, 0.25) is 5.91 Å². The SMILES string of the molecule is O=C(Nc1cnc(-c2cc3c(cc2Cl)OC(F)(F)O3)cn1)C1CCCC1. The molecule has 2 heterocycles. The topological polar surface area (TPSA) is 73.3 Å². The van der Waals surface area contributed by atoms with Gasteiger partial charge in [-0.05, 0) is 18.9 Å².